The highest BCUT2D eigenvalue weighted by Crippen LogP contribution is 2.39. The number of piperidine rings is 1. The number of piperazine rings is 1. The van der Waals surface area contributed by atoms with Gasteiger partial charge in [-0.05, 0) is 51.7 Å². The van der Waals surface area contributed by atoms with E-state index in [0.29, 0.717) is 35.8 Å². The summed E-state index contributed by atoms with van der Waals surface area (Å²) < 4.78 is 5.57. The van der Waals surface area contributed by atoms with Crippen molar-refractivity contribution in [2.45, 2.75) is 70.3 Å². The summed E-state index contributed by atoms with van der Waals surface area (Å²) in [4.78, 5) is 24.7. The Morgan fingerprint density at radius 2 is 1.86 bits per heavy atom. The number of hydrogen-bond donors (Lipinski definition) is 1. The SMILES string of the molecule is CC(C)N1CCN(c2cccc(Cl)c2NC(=O)N2CCC(C)(c3noc(C4CCC4)n3)CC2)CC1. The maximum Gasteiger partial charge on any atom is 0.321 e. The van der Waals surface area contributed by atoms with E-state index in [-0.39, 0.29) is 11.4 Å². The normalized spacial score (nSPS) is 21.3. The molecule has 0 unspecified atom stereocenters. The van der Waals surface area contributed by atoms with Crippen LogP contribution in [0.1, 0.15) is 70.5 Å². The fourth-order valence-electron chi connectivity index (χ4n) is 5.29. The summed E-state index contributed by atoms with van der Waals surface area (Å²) in [6.07, 6.45) is 5.13. The van der Waals surface area contributed by atoms with Crippen LogP contribution in [0.4, 0.5) is 16.2 Å². The lowest BCUT2D eigenvalue weighted by Gasteiger charge is -2.39. The van der Waals surface area contributed by atoms with Crippen LogP contribution in [0.25, 0.3) is 0 Å². The average molecular weight is 501 g/mol. The highest BCUT2D eigenvalue weighted by molar-refractivity contribution is 6.34. The number of amides is 2. The van der Waals surface area contributed by atoms with E-state index in [1.54, 1.807) is 0 Å². The van der Waals surface area contributed by atoms with Crippen molar-refractivity contribution >= 4 is 29.0 Å². The van der Waals surface area contributed by atoms with Gasteiger partial charge >= 0.3 is 6.03 Å². The molecule has 1 aromatic carbocycles. The summed E-state index contributed by atoms with van der Waals surface area (Å²) in [5.41, 5.74) is 1.52. The molecule has 35 heavy (non-hydrogen) atoms. The quantitative estimate of drug-likeness (QED) is 0.615. The standard InChI is InChI=1S/C26H37ClN6O2/c1-18(2)31-14-16-32(17-15-31)21-9-5-8-20(27)22(21)28-25(34)33-12-10-26(3,11-13-33)24-29-23(35-30-24)19-6-4-7-19/h5,8-9,18-19H,4,6-7,10-17H2,1-3H3,(H,28,34). The molecule has 1 aromatic heterocycles. The van der Waals surface area contributed by atoms with Gasteiger partial charge in [-0.1, -0.05) is 36.2 Å². The number of carbonyl (C=O) groups is 1. The molecule has 5 rings (SSSR count). The predicted octanol–water partition coefficient (Wildman–Crippen LogP) is 5.11. The minimum absolute atomic E-state index is 0.106. The number of hydrogen-bond acceptors (Lipinski definition) is 6. The predicted molar refractivity (Wildman–Crippen MR) is 138 cm³/mol. The third-order valence-electron chi connectivity index (χ3n) is 8.20. The second kappa shape index (κ2) is 9.97. The molecular weight excluding hydrogens is 464 g/mol. The highest BCUT2D eigenvalue weighted by atomic mass is 35.5. The monoisotopic (exact) mass is 500 g/mol. The number of urea groups is 1. The summed E-state index contributed by atoms with van der Waals surface area (Å²) in [5.74, 6) is 2.00. The molecule has 9 heteroatoms. The summed E-state index contributed by atoms with van der Waals surface area (Å²) >= 11 is 6.58. The summed E-state index contributed by atoms with van der Waals surface area (Å²) in [7, 11) is 0. The Morgan fingerprint density at radius 3 is 2.49 bits per heavy atom. The Balaban J connectivity index is 1.22. The third kappa shape index (κ3) is 5.00. The van der Waals surface area contributed by atoms with Crippen molar-refractivity contribution in [2.75, 3.05) is 49.5 Å². The van der Waals surface area contributed by atoms with Gasteiger partial charge < -0.3 is 19.6 Å². The first kappa shape index (κ1) is 24.4. The smallest absolute Gasteiger partial charge is 0.321 e. The van der Waals surface area contributed by atoms with Crippen molar-refractivity contribution < 1.29 is 9.32 Å². The molecule has 1 N–H and O–H groups in total. The second-order valence-corrected chi connectivity index (χ2v) is 11.2. The molecule has 190 valence electrons. The largest absolute Gasteiger partial charge is 0.367 e. The average Bonchev–Trinajstić information content (AvgIpc) is 3.30. The van der Waals surface area contributed by atoms with Gasteiger partial charge in [0.25, 0.3) is 0 Å². The fourth-order valence-corrected chi connectivity index (χ4v) is 5.51. The van der Waals surface area contributed by atoms with Gasteiger partial charge in [0.1, 0.15) is 0 Å². The molecule has 3 heterocycles. The molecular formula is C26H37ClN6O2. The third-order valence-corrected chi connectivity index (χ3v) is 8.51. The van der Waals surface area contributed by atoms with Gasteiger partial charge in [0.05, 0.1) is 16.4 Å². The van der Waals surface area contributed by atoms with Gasteiger partial charge in [-0.25, -0.2) is 4.79 Å². The summed E-state index contributed by atoms with van der Waals surface area (Å²) in [5, 5.41) is 8.01. The number of aromatic nitrogens is 2. The fraction of sp³-hybridized carbons (Fsp3) is 0.654. The highest BCUT2D eigenvalue weighted by Gasteiger charge is 2.38. The van der Waals surface area contributed by atoms with Crippen LogP contribution >= 0.6 is 11.6 Å². The van der Waals surface area contributed by atoms with Crippen molar-refractivity contribution in [3.8, 4) is 0 Å². The van der Waals surface area contributed by atoms with Gasteiger partial charge in [-0.2, -0.15) is 4.98 Å². The number of nitrogens with one attached hydrogen (secondary N) is 1. The number of nitrogens with zero attached hydrogens (tertiary/aromatic N) is 5. The Labute approximate surface area is 213 Å². The van der Waals surface area contributed by atoms with Gasteiger partial charge in [-0.3, -0.25) is 4.90 Å². The number of carbonyl (C=O) groups excluding carboxylic acids is 1. The van der Waals surface area contributed by atoms with Gasteiger partial charge in [0, 0.05) is 56.6 Å². The molecule has 2 aliphatic heterocycles. The van der Waals surface area contributed by atoms with E-state index >= 15 is 0 Å². The topological polar surface area (TPSA) is 77.7 Å². The van der Waals surface area contributed by atoms with Crippen molar-refractivity contribution in [1.29, 1.82) is 0 Å². The maximum atomic E-state index is 13.3. The molecule has 2 amide bonds. The Morgan fingerprint density at radius 1 is 1.14 bits per heavy atom. The maximum absolute atomic E-state index is 13.3. The zero-order valence-electron chi connectivity index (χ0n) is 21.1. The molecule has 0 radical (unpaired) electrons. The van der Waals surface area contributed by atoms with Crippen molar-refractivity contribution in [3.63, 3.8) is 0 Å². The number of para-hydroxylation sites is 1. The molecule has 2 aromatic rings. The number of anilines is 2. The summed E-state index contributed by atoms with van der Waals surface area (Å²) in [6.45, 7) is 11.8. The van der Waals surface area contributed by atoms with Crippen LogP contribution in [0.5, 0.6) is 0 Å². The van der Waals surface area contributed by atoms with E-state index in [0.717, 1.165) is 69.3 Å². The minimum atomic E-state index is -0.173. The Bertz CT molecular complexity index is 1040. The van der Waals surface area contributed by atoms with E-state index in [1.165, 1.54) is 6.42 Å². The van der Waals surface area contributed by atoms with Crippen LogP contribution in [0.15, 0.2) is 22.7 Å². The lowest BCUT2D eigenvalue weighted by Crippen LogP contribution is -2.49. The number of rotatable bonds is 5. The Kier molecular flexibility index (Phi) is 6.95. The molecule has 3 aliphatic rings. The molecule has 0 spiro atoms. The summed E-state index contributed by atoms with van der Waals surface area (Å²) in [6, 6.07) is 6.28. The van der Waals surface area contributed by atoms with Crippen LogP contribution < -0.4 is 10.2 Å². The van der Waals surface area contributed by atoms with Crippen LogP contribution in [-0.2, 0) is 5.41 Å². The van der Waals surface area contributed by atoms with E-state index in [2.05, 4.69) is 47.1 Å². The van der Waals surface area contributed by atoms with E-state index in [4.69, 9.17) is 21.1 Å². The first-order chi connectivity index (χ1) is 16.8. The number of likely N-dealkylation sites (tertiary alicyclic amines) is 1. The first-order valence-electron chi connectivity index (χ1n) is 13.0. The second-order valence-electron chi connectivity index (χ2n) is 10.8. The van der Waals surface area contributed by atoms with Gasteiger partial charge in [0.2, 0.25) is 5.89 Å². The van der Waals surface area contributed by atoms with Crippen LogP contribution in [-0.4, -0.2) is 71.3 Å². The lowest BCUT2D eigenvalue weighted by atomic mass is 9.79. The van der Waals surface area contributed by atoms with Gasteiger partial charge in [0.15, 0.2) is 5.82 Å². The van der Waals surface area contributed by atoms with Crippen LogP contribution in [0.2, 0.25) is 5.02 Å². The molecule has 0 atom stereocenters. The minimum Gasteiger partial charge on any atom is -0.367 e. The zero-order chi connectivity index (χ0) is 24.6. The molecule has 8 nitrogen and oxygen atoms in total. The molecule has 2 saturated heterocycles. The zero-order valence-corrected chi connectivity index (χ0v) is 21.9. The molecule has 1 saturated carbocycles. The number of benzene rings is 1. The van der Waals surface area contributed by atoms with Gasteiger partial charge in [-0.15, -0.1) is 0 Å². The Hall–Kier alpha value is -2.32. The van der Waals surface area contributed by atoms with E-state index in [1.807, 2.05) is 17.0 Å². The van der Waals surface area contributed by atoms with Crippen molar-refractivity contribution in [1.82, 2.24) is 19.9 Å². The van der Waals surface area contributed by atoms with Crippen LogP contribution in [0.3, 0.4) is 0 Å². The molecule has 3 fully saturated rings. The molecule has 0 bridgehead atoms. The lowest BCUT2D eigenvalue weighted by molar-refractivity contribution is 0.169. The first-order valence-corrected chi connectivity index (χ1v) is 13.4. The van der Waals surface area contributed by atoms with Crippen molar-refractivity contribution in [2.24, 2.45) is 0 Å². The van der Waals surface area contributed by atoms with Crippen LogP contribution in [0, 0.1) is 0 Å². The van der Waals surface area contributed by atoms with Crippen molar-refractivity contribution in [3.05, 3.63) is 34.9 Å². The van der Waals surface area contributed by atoms with E-state index in [9.17, 15) is 4.79 Å². The molecule has 1 aliphatic carbocycles. The number of halogens is 1. The van der Waals surface area contributed by atoms with E-state index < -0.39 is 0 Å².